The van der Waals surface area contributed by atoms with E-state index in [-0.39, 0.29) is 0 Å². The van der Waals surface area contributed by atoms with Gasteiger partial charge in [0.05, 0.1) is 0 Å². The highest BCUT2D eigenvalue weighted by molar-refractivity contribution is 8.20. The largest absolute Gasteiger partial charge is 0.113 e. The lowest BCUT2D eigenvalue weighted by Gasteiger charge is -1.96. The topological polar surface area (TPSA) is 0 Å². The SMILES string of the molecule is [B]c1ccc(CSCl)cc1. The van der Waals surface area contributed by atoms with Crippen LogP contribution in [0.25, 0.3) is 0 Å². The molecular weight excluding hydrogens is 162 g/mol. The summed E-state index contributed by atoms with van der Waals surface area (Å²) in [5.41, 5.74) is 2.00. The number of hydrogen-bond acceptors (Lipinski definition) is 1. The van der Waals surface area contributed by atoms with E-state index in [1.165, 1.54) is 16.5 Å². The molecule has 0 atom stereocenters. The van der Waals surface area contributed by atoms with Crippen molar-refractivity contribution in [2.24, 2.45) is 0 Å². The van der Waals surface area contributed by atoms with E-state index in [9.17, 15) is 0 Å². The van der Waals surface area contributed by atoms with Crippen LogP contribution in [0.4, 0.5) is 0 Å². The van der Waals surface area contributed by atoms with Crippen LogP contribution >= 0.6 is 21.7 Å². The third kappa shape index (κ3) is 2.27. The third-order valence-electron chi connectivity index (χ3n) is 1.20. The summed E-state index contributed by atoms with van der Waals surface area (Å²) in [4.78, 5) is 0. The molecule has 0 saturated heterocycles. The number of halogens is 1. The molecule has 0 spiro atoms. The summed E-state index contributed by atoms with van der Waals surface area (Å²) in [5, 5.41) is 0. The van der Waals surface area contributed by atoms with Crippen molar-refractivity contribution in [2.45, 2.75) is 5.75 Å². The van der Waals surface area contributed by atoms with Crippen molar-refractivity contribution < 1.29 is 0 Å². The first-order chi connectivity index (χ1) is 4.83. The lowest BCUT2D eigenvalue weighted by Crippen LogP contribution is -1.99. The summed E-state index contributed by atoms with van der Waals surface area (Å²) in [5.74, 6) is 0.835. The highest BCUT2D eigenvalue weighted by Gasteiger charge is 1.89. The monoisotopic (exact) mass is 168 g/mol. The van der Waals surface area contributed by atoms with Gasteiger partial charge in [-0.05, 0) is 16.2 Å². The highest BCUT2D eigenvalue weighted by atomic mass is 35.7. The fraction of sp³-hybridized carbons (Fsp3) is 0.143. The molecule has 0 aliphatic rings. The molecule has 0 N–H and O–H groups in total. The maximum Gasteiger partial charge on any atom is 0.113 e. The number of benzene rings is 1. The molecule has 0 nitrogen and oxygen atoms in total. The normalized spacial score (nSPS) is 9.70. The van der Waals surface area contributed by atoms with Gasteiger partial charge in [0, 0.05) is 5.75 Å². The summed E-state index contributed by atoms with van der Waals surface area (Å²) in [7, 11) is 12.2. The van der Waals surface area contributed by atoms with Gasteiger partial charge >= 0.3 is 0 Å². The Bertz CT molecular complexity index is 197. The van der Waals surface area contributed by atoms with Gasteiger partial charge in [0.1, 0.15) is 7.85 Å². The molecule has 0 fully saturated rings. The van der Waals surface area contributed by atoms with Crippen LogP contribution in [0.1, 0.15) is 5.56 Å². The van der Waals surface area contributed by atoms with Gasteiger partial charge < -0.3 is 0 Å². The lowest BCUT2D eigenvalue weighted by atomic mass is 9.96. The second-order valence-corrected chi connectivity index (χ2v) is 3.16. The molecule has 1 aromatic carbocycles. The van der Waals surface area contributed by atoms with Crippen LogP contribution in [0, 0.1) is 0 Å². The summed E-state index contributed by atoms with van der Waals surface area (Å²) in [6, 6.07) is 7.71. The quantitative estimate of drug-likeness (QED) is 0.608. The van der Waals surface area contributed by atoms with Crippen LogP contribution in [0.3, 0.4) is 0 Å². The first-order valence-corrected chi connectivity index (χ1v) is 4.72. The van der Waals surface area contributed by atoms with E-state index in [1.54, 1.807) is 0 Å². The van der Waals surface area contributed by atoms with Crippen LogP contribution in [-0.4, -0.2) is 7.85 Å². The van der Waals surface area contributed by atoms with Gasteiger partial charge in [-0.2, -0.15) is 0 Å². The fourth-order valence-corrected chi connectivity index (χ4v) is 1.37. The molecule has 50 valence electrons. The summed E-state index contributed by atoms with van der Waals surface area (Å²) in [6.07, 6.45) is 0. The van der Waals surface area contributed by atoms with E-state index < -0.39 is 0 Å². The fourth-order valence-electron chi connectivity index (χ4n) is 0.677. The van der Waals surface area contributed by atoms with Crippen molar-refractivity contribution in [1.29, 1.82) is 0 Å². The molecule has 1 rings (SSSR count). The van der Waals surface area contributed by atoms with Crippen molar-refractivity contribution in [2.75, 3.05) is 0 Å². The molecule has 1 aromatic rings. The van der Waals surface area contributed by atoms with Crippen LogP contribution in [0.5, 0.6) is 0 Å². The summed E-state index contributed by atoms with van der Waals surface area (Å²) >= 11 is 0. The van der Waals surface area contributed by atoms with Gasteiger partial charge in [-0.15, -0.1) is 0 Å². The Hall–Kier alpha value is -0.0751. The van der Waals surface area contributed by atoms with Crippen molar-refractivity contribution in [1.82, 2.24) is 0 Å². The molecule has 0 amide bonds. The molecule has 0 aliphatic carbocycles. The molecule has 2 radical (unpaired) electrons. The van der Waals surface area contributed by atoms with Gasteiger partial charge in [-0.3, -0.25) is 0 Å². The first-order valence-electron chi connectivity index (χ1n) is 2.91. The Morgan fingerprint density at radius 1 is 1.30 bits per heavy atom. The average molecular weight is 168 g/mol. The van der Waals surface area contributed by atoms with Gasteiger partial charge in [0.15, 0.2) is 0 Å². The highest BCUT2D eigenvalue weighted by Crippen LogP contribution is 2.13. The number of hydrogen-bond donors (Lipinski definition) is 0. The van der Waals surface area contributed by atoms with E-state index in [0.717, 1.165) is 11.2 Å². The molecular formula is C7H6BClS. The van der Waals surface area contributed by atoms with Crippen molar-refractivity contribution in [3.8, 4) is 0 Å². The van der Waals surface area contributed by atoms with E-state index in [1.807, 2.05) is 24.3 Å². The van der Waals surface area contributed by atoms with Crippen molar-refractivity contribution in [3.63, 3.8) is 0 Å². The smallest absolute Gasteiger partial charge is 0.0967 e. The molecule has 0 aromatic heterocycles. The molecule has 10 heavy (non-hydrogen) atoms. The van der Waals surface area contributed by atoms with E-state index in [4.69, 9.17) is 18.5 Å². The Morgan fingerprint density at radius 2 is 1.90 bits per heavy atom. The maximum atomic E-state index is 5.48. The second-order valence-electron chi connectivity index (χ2n) is 2.00. The standard InChI is InChI=1S/C7H6BClS/c8-7-3-1-6(2-4-7)5-10-9/h1-4H,5H2. The minimum Gasteiger partial charge on any atom is -0.0967 e. The van der Waals surface area contributed by atoms with E-state index in [0.29, 0.717) is 0 Å². The van der Waals surface area contributed by atoms with Crippen LogP contribution in [0.2, 0.25) is 0 Å². The van der Waals surface area contributed by atoms with Gasteiger partial charge in [0.25, 0.3) is 0 Å². The van der Waals surface area contributed by atoms with Gasteiger partial charge in [-0.25, -0.2) is 0 Å². The van der Waals surface area contributed by atoms with E-state index in [2.05, 4.69) is 0 Å². The Kier molecular flexibility index (Phi) is 3.16. The zero-order valence-corrected chi connectivity index (χ0v) is 6.95. The molecule has 0 saturated carbocycles. The lowest BCUT2D eigenvalue weighted by molar-refractivity contribution is 1.44. The number of rotatable bonds is 2. The van der Waals surface area contributed by atoms with Gasteiger partial charge in [-0.1, -0.05) is 40.7 Å². The molecule has 0 aliphatic heterocycles. The Balaban J connectivity index is 2.69. The Labute approximate surface area is 70.9 Å². The third-order valence-corrected chi connectivity index (χ3v) is 1.97. The Morgan fingerprint density at radius 3 is 2.40 bits per heavy atom. The predicted octanol–water partition coefficient (Wildman–Crippen LogP) is 1.87. The molecule has 0 unspecified atom stereocenters. The minimum atomic E-state index is 0.795. The average Bonchev–Trinajstić information content (AvgIpc) is 1.95. The molecule has 0 bridgehead atoms. The molecule has 0 heterocycles. The van der Waals surface area contributed by atoms with Crippen molar-refractivity contribution >= 4 is 35.0 Å². The van der Waals surface area contributed by atoms with Gasteiger partial charge in [0.2, 0.25) is 0 Å². The minimum absolute atomic E-state index is 0.795. The van der Waals surface area contributed by atoms with Crippen molar-refractivity contribution in [3.05, 3.63) is 29.8 Å². The van der Waals surface area contributed by atoms with Crippen LogP contribution in [-0.2, 0) is 5.75 Å². The van der Waals surface area contributed by atoms with Crippen LogP contribution < -0.4 is 5.46 Å². The maximum absolute atomic E-state index is 5.48. The summed E-state index contributed by atoms with van der Waals surface area (Å²) in [6.45, 7) is 0. The summed E-state index contributed by atoms with van der Waals surface area (Å²) < 4.78 is 0. The first kappa shape index (κ1) is 8.03. The second kappa shape index (κ2) is 3.94. The molecule has 3 heteroatoms. The van der Waals surface area contributed by atoms with E-state index >= 15 is 0 Å². The van der Waals surface area contributed by atoms with Crippen LogP contribution in [0.15, 0.2) is 24.3 Å². The predicted molar refractivity (Wildman–Crippen MR) is 49.0 cm³/mol. The zero-order valence-electron chi connectivity index (χ0n) is 5.38. The zero-order chi connectivity index (χ0) is 7.40.